The van der Waals surface area contributed by atoms with Crippen LogP contribution in [0.2, 0.25) is 0 Å². The van der Waals surface area contributed by atoms with E-state index in [0.29, 0.717) is 24.4 Å². The number of carbonyl (C=O) groups is 1. The first-order chi connectivity index (χ1) is 18.3. The summed E-state index contributed by atoms with van der Waals surface area (Å²) in [5.74, 6) is -0.349. The first-order valence-corrected chi connectivity index (χ1v) is 15.2. The highest BCUT2D eigenvalue weighted by Gasteiger charge is 2.37. The molecular weight excluding hydrogens is 507 g/mol. The Balaban J connectivity index is 1.19. The van der Waals surface area contributed by atoms with Crippen LogP contribution >= 0.6 is 0 Å². The van der Waals surface area contributed by atoms with E-state index in [-0.39, 0.29) is 41.3 Å². The number of amides is 1. The zero-order chi connectivity index (χ0) is 26.7. The summed E-state index contributed by atoms with van der Waals surface area (Å²) in [5, 5.41) is 3.87. The van der Waals surface area contributed by atoms with Gasteiger partial charge in [-0.1, -0.05) is 42.6 Å². The van der Waals surface area contributed by atoms with Crippen molar-refractivity contribution in [1.82, 2.24) is 19.3 Å². The van der Waals surface area contributed by atoms with Gasteiger partial charge >= 0.3 is 0 Å². The van der Waals surface area contributed by atoms with E-state index in [2.05, 4.69) is 10.1 Å². The van der Waals surface area contributed by atoms with E-state index in [0.717, 1.165) is 26.2 Å². The molecule has 5 rings (SSSR count). The van der Waals surface area contributed by atoms with Crippen molar-refractivity contribution in [1.29, 1.82) is 0 Å². The molecule has 0 atom stereocenters. The standard InChI is InChI=1S/C28H37FN4O4S/c1-21-27(26(37-30-21)12-11-22-7-5-6-10-25(22)29)38(35,36)33-15-13-23(14-16-33)28(34)32-19-17-31(18-20-32)24-8-3-2-4-9-24/h5-7,10-12,23-24H,2-4,8-9,13-20H2,1H3. The molecule has 1 amide bonds. The van der Waals surface area contributed by atoms with E-state index >= 15 is 0 Å². The van der Waals surface area contributed by atoms with E-state index in [1.165, 1.54) is 54.6 Å². The van der Waals surface area contributed by atoms with Gasteiger partial charge in [0, 0.05) is 56.8 Å². The van der Waals surface area contributed by atoms with Gasteiger partial charge in [-0.15, -0.1) is 0 Å². The maximum Gasteiger partial charge on any atom is 0.248 e. The monoisotopic (exact) mass is 544 g/mol. The number of hydrogen-bond acceptors (Lipinski definition) is 6. The van der Waals surface area contributed by atoms with E-state index in [1.807, 2.05) is 4.90 Å². The summed E-state index contributed by atoms with van der Waals surface area (Å²) < 4.78 is 47.8. The van der Waals surface area contributed by atoms with Crippen molar-refractivity contribution in [3.05, 3.63) is 47.1 Å². The second kappa shape index (κ2) is 11.7. The normalized spacial score (nSPS) is 21.4. The number of sulfonamides is 1. The van der Waals surface area contributed by atoms with Crippen molar-refractivity contribution >= 4 is 28.1 Å². The third kappa shape index (κ3) is 5.72. The molecule has 38 heavy (non-hydrogen) atoms. The minimum absolute atomic E-state index is 0.00583. The SMILES string of the molecule is Cc1noc(C=Cc2ccccc2F)c1S(=O)(=O)N1CCC(C(=O)N2CCN(C3CCCCC3)CC2)CC1. The maximum absolute atomic E-state index is 14.0. The average molecular weight is 545 g/mol. The lowest BCUT2D eigenvalue weighted by Crippen LogP contribution is -2.54. The number of benzene rings is 1. The van der Waals surface area contributed by atoms with Crippen LogP contribution in [0.25, 0.3) is 12.2 Å². The average Bonchev–Trinajstić information content (AvgIpc) is 3.34. The van der Waals surface area contributed by atoms with Crippen molar-refractivity contribution in [2.45, 2.75) is 62.8 Å². The van der Waals surface area contributed by atoms with Crippen LogP contribution in [0.1, 0.15) is 62.0 Å². The molecule has 3 heterocycles. The molecule has 1 aliphatic carbocycles. The van der Waals surface area contributed by atoms with Crippen molar-refractivity contribution in [3.63, 3.8) is 0 Å². The molecule has 10 heteroatoms. The Hall–Kier alpha value is -2.56. The third-order valence-electron chi connectivity index (χ3n) is 8.27. The highest BCUT2D eigenvalue weighted by atomic mass is 32.2. The highest BCUT2D eigenvalue weighted by molar-refractivity contribution is 7.89. The number of aryl methyl sites for hydroxylation is 1. The predicted octanol–water partition coefficient (Wildman–Crippen LogP) is 4.17. The minimum Gasteiger partial charge on any atom is -0.355 e. The van der Waals surface area contributed by atoms with Crippen molar-refractivity contribution in [2.75, 3.05) is 39.3 Å². The molecule has 1 saturated carbocycles. The van der Waals surface area contributed by atoms with Gasteiger partial charge in [-0.3, -0.25) is 9.69 Å². The van der Waals surface area contributed by atoms with Gasteiger partial charge in [0.05, 0.1) is 0 Å². The summed E-state index contributed by atoms with van der Waals surface area (Å²) in [6.45, 7) is 5.49. The van der Waals surface area contributed by atoms with Crippen molar-refractivity contribution in [3.8, 4) is 0 Å². The molecule has 2 saturated heterocycles. The van der Waals surface area contributed by atoms with Crippen LogP contribution in [0.15, 0.2) is 33.7 Å². The summed E-state index contributed by atoms with van der Waals surface area (Å²) in [4.78, 5) is 17.8. The molecule has 3 aliphatic rings. The largest absolute Gasteiger partial charge is 0.355 e. The summed E-state index contributed by atoms with van der Waals surface area (Å²) in [6.07, 6.45) is 10.4. The van der Waals surface area contributed by atoms with Crippen molar-refractivity contribution in [2.24, 2.45) is 5.92 Å². The summed E-state index contributed by atoms with van der Waals surface area (Å²) in [5.41, 5.74) is 0.580. The molecule has 1 aromatic heterocycles. The summed E-state index contributed by atoms with van der Waals surface area (Å²) >= 11 is 0. The molecule has 0 spiro atoms. The lowest BCUT2D eigenvalue weighted by Gasteiger charge is -2.42. The molecule has 2 aliphatic heterocycles. The Morgan fingerprint density at radius 2 is 1.66 bits per heavy atom. The fourth-order valence-electron chi connectivity index (χ4n) is 6.06. The summed E-state index contributed by atoms with van der Waals surface area (Å²) in [7, 11) is -3.89. The molecule has 8 nitrogen and oxygen atoms in total. The Morgan fingerprint density at radius 3 is 2.34 bits per heavy atom. The number of piperidine rings is 1. The predicted molar refractivity (Wildman–Crippen MR) is 143 cm³/mol. The fourth-order valence-corrected chi connectivity index (χ4v) is 7.78. The number of nitrogens with zero attached hydrogens (tertiary/aromatic N) is 4. The van der Waals surface area contributed by atoms with E-state index in [1.54, 1.807) is 25.1 Å². The van der Waals surface area contributed by atoms with Gasteiger partial charge in [-0.05, 0) is 50.8 Å². The number of aromatic nitrogens is 1. The number of hydrogen-bond donors (Lipinski definition) is 0. The molecule has 0 N–H and O–H groups in total. The molecular formula is C28H37FN4O4S. The number of halogens is 1. The molecule has 1 aromatic carbocycles. The highest BCUT2D eigenvalue weighted by Crippen LogP contribution is 2.30. The topological polar surface area (TPSA) is 87.0 Å². The van der Waals surface area contributed by atoms with Gasteiger partial charge in [0.25, 0.3) is 0 Å². The van der Waals surface area contributed by atoms with Gasteiger partial charge in [0.2, 0.25) is 15.9 Å². The fraction of sp³-hybridized carbons (Fsp3) is 0.571. The van der Waals surface area contributed by atoms with Crippen LogP contribution in [-0.2, 0) is 14.8 Å². The van der Waals surface area contributed by atoms with Crippen LogP contribution in [0.4, 0.5) is 4.39 Å². The second-order valence-electron chi connectivity index (χ2n) is 10.6. The van der Waals surface area contributed by atoms with Gasteiger partial charge in [0.15, 0.2) is 10.7 Å². The Bertz CT molecular complexity index is 1260. The Kier molecular flexibility index (Phi) is 8.30. The number of carbonyl (C=O) groups excluding carboxylic acids is 1. The molecule has 0 radical (unpaired) electrons. The Morgan fingerprint density at radius 1 is 0.974 bits per heavy atom. The van der Waals surface area contributed by atoms with E-state index < -0.39 is 15.8 Å². The van der Waals surface area contributed by atoms with Crippen LogP contribution in [0.5, 0.6) is 0 Å². The molecule has 2 aromatic rings. The zero-order valence-corrected chi connectivity index (χ0v) is 22.8. The zero-order valence-electron chi connectivity index (χ0n) is 22.0. The maximum atomic E-state index is 14.0. The molecule has 0 unspecified atom stereocenters. The van der Waals surface area contributed by atoms with Gasteiger partial charge in [-0.25, -0.2) is 12.8 Å². The quantitative estimate of drug-likeness (QED) is 0.543. The molecule has 0 bridgehead atoms. The third-order valence-corrected chi connectivity index (χ3v) is 10.3. The lowest BCUT2D eigenvalue weighted by atomic mass is 9.93. The van der Waals surface area contributed by atoms with E-state index in [9.17, 15) is 17.6 Å². The van der Waals surface area contributed by atoms with E-state index in [4.69, 9.17) is 4.52 Å². The molecule has 3 fully saturated rings. The minimum atomic E-state index is -3.89. The van der Waals surface area contributed by atoms with Gasteiger partial charge in [0.1, 0.15) is 11.5 Å². The van der Waals surface area contributed by atoms with Crippen molar-refractivity contribution < 1.29 is 22.1 Å². The number of piperazine rings is 1. The smallest absolute Gasteiger partial charge is 0.248 e. The van der Waals surface area contributed by atoms with Crippen LogP contribution < -0.4 is 0 Å². The van der Waals surface area contributed by atoms with Gasteiger partial charge < -0.3 is 9.42 Å². The van der Waals surface area contributed by atoms with Gasteiger partial charge in [-0.2, -0.15) is 4.31 Å². The lowest BCUT2D eigenvalue weighted by molar-refractivity contribution is -0.139. The molecule has 206 valence electrons. The number of rotatable bonds is 6. The second-order valence-corrected chi connectivity index (χ2v) is 12.5. The first-order valence-electron chi connectivity index (χ1n) is 13.8. The summed E-state index contributed by atoms with van der Waals surface area (Å²) in [6, 6.07) is 6.90. The van der Waals surface area contributed by atoms with Crippen LogP contribution in [0.3, 0.4) is 0 Å². The van der Waals surface area contributed by atoms with Crippen LogP contribution in [-0.4, -0.2) is 78.9 Å². The first kappa shape index (κ1) is 27.0. The Labute approximate surface area is 224 Å². The van der Waals surface area contributed by atoms with Crippen LogP contribution in [0, 0.1) is 18.7 Å².